The number of benzene rings is 4. The van der Waals surface area contributed by atoms with Gasteiger partial charge < -0.3 is 0 Å². The Morgan fingerprint density at radius 3 is 0.625 bits per heavy atom. The highest BCUT2D eigenvalue weighted by atomic mass is 127. The van der Waals surface area contributed by atoms with Crippen LogP contribution in [0.3, 0.4) is 0 Å². The second kappa shape index (κ2) is 19.5. The summed E-state index contributed by atoms with van der Waals surface area (Å²) in [6.07, 6.45) is -7.22. The minimum absolute atomic E-state index is 0.114. The van der Waals surface area contributed by atoms with Gasteiger partial charge in [0, 0.05) is 21.9 Å². The maximum atomic E-state index is 15.4. The van der Waals surface area contributed by atoms with Gasteiger partial charge in [-0.25, -0.2) is 87.8 Å². The van der Waals surface area contributed by atoms with Crippen LogP contribution in [-0.4, -0.2) is 6.15 Å². The smallest absolute Gasteiger partial charge is 0.207 e. The van der Waals surface area contributed by atoms with Crippen LogP contribution in [0.15, 0.2) is 24.3 Å². The maximum absolute atomic E-state index is 15.4. The number of alkyl halides is 6. The SMILES string of the molecule is BrC(Br)(Br)c1ccc([I+]c2ccc(C(Br)(Br)Br)s2)s1.Fc1c(F)c(F)c([B-](c2c(F)c(F)c(F)c(F)c2F)(c2c(F)c(F)c(F)c(F)c2F)c2c(F)c(F)c(F)c(F)c2F)c(F)c1F. The normalized spacial score (nSPS) is 12.3. The zero-order valence-corrected chi connectivity index (χ0v) is 42.2. The Kier molecular flexibility index (Phi) is 16.3. The molecule has 6 rings (SSSR count). The van der Waals surface area contributed by atoms with Gasteiger partial charge in [-0.3, -0.25) is 0 Å². The number of hydrogen-bond acceptors (Lipinski definition) is 2. The van der Waals surface area contributed by atoms with Crippen molar-refractivity contribution in [1.29, 1.82) is 0 Å². The molecule has 0 bridgehead atoms. The van der Waals surface area contributed by atoms with E-state index in [-0.39, 0.29) is 25.5 Å². The van der Waals surface area contributed by atoms with Crippen LogP contribution < -0.4 is 43.1 Å². The summed E-state index contributed by atoms with van der Waals surface area (Å²) >= 11 is 24.9. The molecule has 0 N–H and O–H groups in total. The molecule has 4 aromatic carbocycles. The summed E-state index contributed by atoms with van der Waals surface area (Å²) in [7, 11) is 0. The first-order chi connectivity index (χ1) is 29.4. The Morgan fingerprint density at radius 2 is 0.469 bits per heavy atom. The third kappa shape index (κ3) is 9.23. The number of halogens is 27. The minimum atomic E-state index is -7.22. The van der Waals surface area contributed by atoms with Crippen molar-refractivity contribution in [2.45, 2.75) is 4.29 Å². The topological polar surface area (TPSA) is 0 Å². The van der Waals surface area contributed by atoms with E-state index in [0.29, 0.717) is 0 Å². The van der Waals surface area contributed by atoms with Gasteiger partial charge in [0.25, 0.3) is 0 Å². The second-order valence-corrected chi connectivity index (χ2v) is 32.1. The molecular weight excluding hydrogens is 1470 g/mol. The molecule has 0 saturated carbocycles. The van der Waals surface area contributed by atoms with Crippen molar-refractivity contribution in [1.82, 2.24) is 0 Å². The zero-order chi connectivity index (χ0) is 48.6. The summed E-state index contributed by atoms with van der Waals surface area (Å²) in [6, 6.07) is 8.73. The van der Waals surface area contributed by atoms with Gasteiger partial charge >= 0.3 is 21.2 Å². The predicted molar refractivity (Wildman–Crippen MR) is 212 cm³/mol. The van der Waals surface area contributed by atoms with Crippen molar-refractivity contribution in [3.8, 4) is 0 Å². The van der Waals surface area contributed by atoms with Crippen molar-refractivity contribution in [2.24, 2.45) is 0 Å². The minimum Gasteiger partial charge on any atom is -0.207 e. The van der Waals surface area contributed by atoms with Gasteiger partial charge in [0.15, 0.2) is 74.1 Å². The van der Waals surface area contributed by atoms with Crippen LogP contribution in [0.2, 0.25) is 0 Å². The van der Waals surface area contributed by atoms with Gasteiger partial charge in [-0.15, -0.1) is 21.9 Å². The van der Waals surface area contributed by atoms with Crippen molar-refractivity contribution >= 4 is 146 Å². The Hall–Kier alpha value is -1.45. The van der Waals surface area contributed by atoms with Crippen LogP contribution in [-0.2, 0) is 4.29 Å². The molecule has 64 heavy (non-hydrogen) atoms. The molecule has 0 radical (unpaired) electrons. The van der Waals surface area contributed by atoms with E-state index in [1.54, 1.807) is 0 Å². The zero-order valence-electron chi connectivity index (χ0n) is 28.9. The fourth-order valence-electron chi connectivity index (χ4n) is 6.00. The standard InChI is InChI=1S/C24BF20.C10H4Br6IS2/c26-5-1(6(27)14(35)21(42)13(5)34)25(2-7(28)15(36)22(43)16(37)8(2)29,3-9(30)17(38)23(44)18(39)10(3)31)4-11(32)19(40)24(45)20(41)12(4)33;11-9(12,13)5-1-3-7(18-5)17-8-4-2-6(19-8)10(14,15)16/h;1-4H/q-1;+1. The first kappa shape index (κ1) is 53.5. The third-order valence-electron chi connectivity index (χ3n) is 8.60. The molecule has 0 fully saturated rings. The number of hydrogen-bond donors (Lipinski definition) is 0. The van der Waals surface area contributed by atoms with E-state index < -0.39 is 144 Å². The van der Waals surface area contributed by atoms with E-state index in [9.17, 15) is 52.7 Å². The quantitative estimate of drug-likeness (QED) is 0.0389. The van der Waals surface area contributed by atoms with Crippen LogP contribution in [0.1, 0.15) is 9.75 Å². The van der Waals surface area contributed by atoms with Crippen LogP contribution in [0.4, 0.5) is 87.8 Å². The molecule has 0 atom stereocenters. The van der Waals surface area contributed by atoms with E-state index in [1.807, 2.05) is 22.7 Å². The van der Waals surface area contributed by atoms with E-state index in [1.165, 1.54) is 15.5 Å². The lowest BCUT2D eigenvalue weighted by Crippen LogP contribution is -3.61. The van der Waals surface area contributed by atoms with Crippen molar-refractivity contribution in [3.63, 3.8) is 0 Å². The lowest BCUT2D eigenvalue weighted by molar-refractivity contribution is -0.585. The molecule has 0 saturated heterocycles. The molecule has 0 spiro atoms. The van der Waals surface area contributed by atoms with Gasteiger partial charge in [0.05, 0.1) is 0 Å². The summed E-state index contributed by atoms with van der Waals surface area (Å²) in [6.45, 7) is 0. The van der Waals surface area contributed by atoms with Crippen LogP contribution in [0.5, 0.6) is 0 Å². The summed E-state index contributed by atoms with van der Waals surface area (Å²) in [4.78, 5) is 2.46. The molecule has 30 heteroatoms. The highest BCUT2D eigenvalue weighted by molar-refractivity contribution is 9.39. The van der Waals surface area contributed by atoms with Gasteiger partial charge in [-0.1, -0.05) is 118 Å². The third-order valence-corrected chi connectivity index (χ3v) is 18.9. The van der Waals surface area contributed by atoms with Crippen molar-refractivity contribution in [2.75, 3.05) is 0 Å². The highest BCUT2D eigenvalue weighted by Crippen LogP contribution is 2.47. The Bertz CT molecular complexity index is 2430. The molecule has 344 valence electrons. The first-order valence-electron chi connectivity index (χ1n) is 15.6. The average Bonchev–Trinajstić information content (AvgIpc) is 3.92. The van der Waals surface area contributed by atoms with E-state index in [2.05, 4.69) is 120 Å². The second-order valence-electron chi connectivity index (χ2n) is 12.1. The Morgan fingerprint density at radius 1 is 0.297 bits per heavy atom. The maximum Gasteiger partial charge on any atom is 0.381 e. The largest absolute Gasteiger partial charge is 0.381 e. The lowest BCUT2D eigenvalue weighted by Gasteiger charge is -2.44. The first-order valence-corrected chi connectivity index (χ1v) is 24.1. The Labute approximate surface area is 411 Å². The predicted octanol–water partition coefficient (Wildman–Crippen LogP) is 10.4. The summed E-state index contributed by atoms with van der Waals surface area (Å²) < 4.78 is 296. The number of rotatable bonds is 6. The van der Waals surface area contributed by atoms with Crippen LogP contribution in [0.25, 0.3) is 0 Å². The van der Waals surface area contributed by atoms with E-state index >= 15 is 35.1 Å². The fraction of sp³-hybridized carbons (Fsp3) is 0.0588. The van der Waals surface area contributed by atoms with Gasteiger partial charge in [-0.05, 0) is 12.1 Å². The lowest BCUT2D eigenvalue weighted by atomic mass is 9.12. The van der Waals surface area contributed by atoms with Crippen molar-refractivity contribution in [3.05, 3.63) is 156 Å². The Balaban J connectivity index is 0.000000337. The van der Waals surface area contributed by atoms with Gasteiger partial charge in [-0.2, -0.15) is 0 Å². The van der Waals surface area contributed by atoms with Crippen LogP contribution >= 0.6 is 118 Å². The van der Waals surface area contributed by atoms with Crippen LogP contribution in [0, 0.1) is 122 Å². The summed E-state index contributed by atoms with van der Waals surface area (Å²) in [5.41, 5.74) is -14.3. The molecular formula is C34H4BBr6F20IS2. The monoisotopic (exact) mass is 1470 g/mol. The average molecular weight is 1470 g/mol. The highest BCUT2D eigenvalue weighted by Gasteiger charge is 2.52. The molecule has 0 aliphatic heterocycles. The molecule has 2 heterocycles. The molecule has 6 aromatic rings. The van der Waals surface area contributed by atoms with Crippen molar-refractivity contribution < 1.29 is 109 Å². The van der Waals surface area contributed by atoms with Gasteiger partial charge in [0.2, 0.25) is 5.77 Å². The summed E-state index contributed by atoms with van der Waals surface area (Å²) in [5.74, 6) is -71.4. The molecule has 0 unspecified atom stereocenters. The molecule has 0 nitrogen and oxygen atoms in total. The molecule has 0 amide bonds. The number of thiophene rings is 2. The van der Waals surface area contributed by atoms with E-state index in [4.69, 9.17) is 0 Å². The van der Waals surface area contributed by atoms with E-state index in [0.717, 1.165) is 0 Å². The molecule has 0 aliphatic rings. The molecule has 2 aromatic heterocycles. The molecule has 0 aliphatic carbocycles. The summed E-state index contributed by atoms with van der Waals surface area (Å²) in [5, 5.41) is 0. The van der Waals surface area contributed by atoms with Gasteiger partial charge in [0.1, 0.15) is 52.7 Å². The fourth-order valence-corrected chi connectivity index (χ4v) is 14.3.